The molecule has 114 valence electrons. The van der Waals surface area contributed by atoms with Crippen molar-refractivity contribution in [3.05, 3.63) is 23.3 Å². The number of hydrogen-bond acceptors (Lipinski definition) is 4. The number of nitrogen functional groups attached to an aromatic ring is 1. The molecule has 1 rings (SSSR count). The van der Waals surface area contributed by atoms with E-state index >= 15 is 0 Å². The lowest BCUT2D eigenvalue weighted by Crippen LogP contribution is -2.38. The maximum absolute atomic E-state index is 12.7. The summed E-state index contributed by atoms with van der Waals surface area (Å²) in [6, 6.07) is 2.98. The van der Waals surface area contributed by atoms with E-state index in [0.29, 0.717) is 18.7 Å². The quantitative estimate of drug-likeness (QED) is 0.783. The average Bonchev–Trinajstić information content (AvgIpc) is 2.35. The molecule has 0 unspecified atom stereocenters. The Morgan fingerprint density at radius 3 is 2.35 bits per heavy atom. The maximum Gasteiger partial charge on any atom is 0.243 e. The summed E-state index contributed by atoms with van der Waals surface area (Å²) in [6.45, 7) is 7.61. The summed E-state index contributed by atoms with van der Waals surface area (Å²) >= 11 is 0. The van der Waals surface area contributed by atoms with Gasteiger partial charge in [-0.25, -0.2) is 8.42 Å². The normalized spacial score (nSPS) is 12.3. The number of hydrogen-bond donors (Lipinski definition) is 2. The van der Waals surface area contributed by atoms with Gasteiger partial charge in [0.15, 0.2) is 0 Å². The zero-order chi connectivity index (χ0) is 15.5. The third kappa shape index (κ3) is 3.50. The van der Waals surface area contributed by atoms with E-state index in [1.165, 1.54) is 10.4 Å². The average molecular weight is 300 g/mol. The van der Waals surface area contributed by atoms with Gasteiger partial charge in [-0.3, -0.25) is 0 Å². The number of nitrogens with two attached hydrogens (primary N) is 1. The van der Waals surface area contributed by atoms with Crippen molar-refractivity contribution in [2.75, 3.05) is 18.9 Å². The van der Waals surface area contributed by atoms with Crippen LogP contribution in [0.2, 0.25) is 0 Å². The van der Waals surface area contributed by atoms with Gasteiger partial charge in [0.1, 0.15) is 0 Å². The van der Waals surface area contributed by atoms with Crippen molar-refractivity contribution in [3.8, 4) is 0 Å². The number of aliphatic hydroxyl groups is 1. The summed E-state index contributed by atoms with van der Waals surface area (Å²) in [6.07, 6.45) is 0.414. The van der Waals surface area contributed by atoms with E-state index in [9.17, 15) is 8.42 Å². The van der Waals surface area contributed by atoms with Crippen molar-refractivity contribution < 1.29 is 13.5 Å². The van der Waals surface area contributed by atoms with Crippen LogP contribution in [0.3, 0.4) is 0 Å². The van der Waals surface area contributed by atoms with Gasteiger partial charge in [0.25, 0.3) is 0 Å². The van der Waals surface area contributed by atoms with Crippen LogP contribution in [0.1, 0.15) is 31.4 Å². The molecule has 0 fully saturated rings. The van der Waals surface area contributed by atoms with E-state index in [2.05, 4.69) is 0 Å². The number of benzene rings is 1. The van der Waals surface area contributed by atoms with E-state index in [-0.39, 0.29) is 17.5 Å². The van der Waals surface area contributed by atoms with Crippen LogP contribution < -0.4 is 5.73 Å². The van der Waals surface area contributed by atoms with E-state index in [1.807, 2.05) is 27.7 Å². The molecule has 0 bridgehead atoms. The van der Waals surface area contributed by atoms with Gasteiger partial charge in [-0.2, -0.15) is 4.31 Å². The second kappa shape index (κ2) is 6.56. The molecule has 0 radical (unpaired) electrons. The monoisotopic (exact) mass is 300 g/mol. The molecule has 0 atom stereocenters. The van der Waals surface area contributed by atoms with Crippen LogP contribution in [0.25, 0.3) is 0 Å². The largest absolute Gasteiger partial charge is 0.398 e. The van der Waals surface area contributed by atoms with Gasteiger partial charge in [0, 0.05) is 24.9 Å². The van der Waals surface area contributed by atoms with Crippen LogP contribution >= 0.6 is 0 Å². The third-order valence-corrected chi connectivity index (χ3v) is 5.45. The first-order valence-electron chi connectivity index (χ1n) is 6.71. The molecule has 1 aromatic carbocycles. The molecule has 5 nitrogen and oxygen atoms in total. The predicted molar refractivity (Wildman–Crippen MR) is 81.1 cm³/mol. The number of rotatable bonds is 6. The molecule has 20 heavy (non-hydrogen) atoms. The molecule has 0 heterocycles. The molecule has 0 spiro atoms. The number of aryl methyl sites for hydroxylation is 1. The van der Waals surface area contributed by atoms with Crippen molar-refractivity contribution in [3.63, 3.8) is 0 Å². The van der Waals surface area contributed by atoms with Crippen molar-refractivity contribution in [1.82, 2.24) is 4.31 Å². The van der Waals surface area contributed by atoms with Gasteiger partial charge in [-0.15, -0.1) is 0 Å². The van der Waals surface area contributed by atoms with Crippen molar-refractivity contribution in [1.29, 1.82) is 0 Å². The first-order chi connectivity index (χ1) is 9.21. The second-order valence-corrected chi connectivity index (χ2v) is 7.13. The van der Waals surface area contributed by atoms with Crippen LogP contribution in [0.5, 0.6) is 0 Å². The van der Waals surface area contributed by atoms with E-state index in [1.54, 1.807) is 6.07 Å². The van der Waals surface area contributed by atoms with Crippen LogP contribution in [0.15, 0.2) is 17.0 Å². The summed E-state index contributed by atoms with van der Waals surface area (Å²) < 4.78 is 26.8. The van der Waals surface area contributed by atoms with Crippen molar-refractivity contribution >= 4 is 15.7 Å². The minimum absolute atomic E-state index is 0.0339. The summed E-state index contributed by atoms with van der Waals surface area (Å²) in [7, 11) is -3.59. The van der Waals surface area contributed by atoms with Crippen LogP contribution in [0.4, 0.5) is 5.69 Å². The van der Waals surface area contributed by atoms with E-state index in [4.69, 9.17) is 10.8 Å². The summed E-state index contributed by atoms with van der Waals surface area (Å²) in [5.41, 5.74) is 8.11. The molecule has 6 heteroatoms. The van der Waals surface area contributed by atoms with Gasteiger partial charge >= 0.3 is 0 Å². The highest BCUT2D eigenvalue weighted by Crippen LogP contribution is 2.25. The van der Waals surface area contributed by atoms with Gasteiger partial charge < -0.3 is 10.8 Å². The highest BCUT2D eigenvalue weighted by atomic mass is 32.2. The fourth-order valence-electron chi connectivity index (χ4n) is 2.02. The molecule has 0 aliphatic heterocycles. The Kier molecular flexibility index (Phi) is 5.56. The van der Waals surface area contributed by atoms with Crippen molar-refractivity contribution in [2.24, 2.45) is 0 Å². The zero-order valence-corrected chi connectivity index (χ0v) is 13.4. The highest BCUT2D eigenvalue weighted by Gasteiger charge is 2.27. The molecule has 0 aliphatic carbocycles. The molecule has 0 saturated carbocycles. The van der Waals surface area contributed by atoms with Gasteiger partial charge in [0.05, 0.1) is 4.90 Å². The molecule has 0 aliphatic rings. The Morgan fingerprint density at radius 2 is 1.90 bits per heavy atom. The first kappa shape index (κ1) is 16.9. The SMILES string of the molecule is Cc1cc(S(=O)(=O)N(CCCO)C(C)C)cc(N)c1C. The minimum atomic E-state index is -3.59. The van der Waals surface area contributed by atoms with Gasteiger partial charge in [-0.1, -0.05) is 0 Å². The standard InChI is InChI=1S/C14H24N2O3S/c1-10(2)16(6-5-7-17)20(18,19)13-8-11(3)12(4)14(15)9-13/h8-10,17H,5-7,15H2,1-4H3. The minimum Gasteiger partial charge on any atom is -0.398 e. The van der Waals surface area contributed by atoms with Crippen LogP contribution in [0, 0.1) is 13.8 Å². The lowest BCUT2D eigenvalue weighted by Gasteiger charge is -2.26. The molecule has 1 aromatic rings. The first-order valence-corrected chi connectivity index (χ1v) is 8.15. The Labute approximate surface area is 121 Å². The van der Waals surface area contributed by atoms with Gasteiger partial charge in [-0.05, 0) is 57.4 Å². The number of aliphatic hydroxyl groups excluding tert-OH is 1. The molecule has 0 aromatic heterocycles. The lowest BCUT2D eigenvalue weighted by atomic mass is 10.1. The molecule has 0 saturated heterocycles. The molecular weight excluding hydrogens is 276 g/mol. The van der Waals surface area contributed by atoms with E-state index < -0.39 is 10.0 Å². The Hall–Kier alpha value is -1.11. The number of nitrogens with zero attached hydrogens (tertiary/aromatic N) is 1. The number of anilines is 1. The molecular formula is C14H24N2O3S. The summed E-state index contributed by atoms with van der Waals surface area (Å²) in [4.78, 5) is 0.213. The number of sulfonamides is 1. The highest BCUT2D eigenvalue weighted by molar-refractivity contribution is 7.89. The third-order valence-electron chi connectivity index (χ3n) is 3.40. The Bertz CT molecular complexity index is 545. The second-order valence-electron chi connectivity index (χ2n) is 5.24. The zero-order valence-electron chi connectivity index (χ0n) is 12.5. The van der Waals surface area contributed by atoms with Crippen LogP contribution in [-0.2, 0) is 10.0 Å². The fourth-order valence-corrected chi connectivity index (χ4v) is 3.82. The lowest BCUT2D eigenvalue weighted by molar-refractivity contribution is 0.258. The predicted octanol–water partition coefficient (Wildman–Crippen LogP) is 1.67. The smallest absolute Gasteiger partial charge is 0.243 e. The summed E-state index contributed by atoms with van der Waals surface area (Å²) in [5.74, 6) is 0. The molecule has 0 amide bonds. The maximum atomic E-state index is 12.7. The topological polar surface area (TPSA) is 83.6 Å². The Morgan fingerprint density at radius 1 is 1.30 bits per heavy atom. The van der Waals surface area contributed by atoms with Crippen LogP contribution in [-0.4, -0.2) is 37.0 Å². The van der Waals surface area contributed by atoms with Gasteiger partial charge in [0.2, 0.25) is 10.0 Å². The van der Waals surface area contributed by atoms with E-state index in [0.717, 1.165) is 11.1 Å². The summed E-state index contributed by atoms with van der Waals surface area (Å²) in [5, 5.41) is 8.92. The fraction of sp³-hybridized carbons (Fsp3) is 0.571. The molecule has 3 N–H and O–H groups in total. The Balaban J connectivity index is 3.26. The van der Waals surface area contributed by atoms with Crippen molar-refractivity contribution in [2.45, 2.75) is 45.1 Å².